The number of β-lactam (4-membered cyclic amide) rings is 1. The monoisotopic (exact) mass is 362 g/mol. The van der Waals surface area contributed by atoms with Gasteiger partial charge in [0.05, 0.1) is 13.1 Å². The van der Waals surface area contributed by atoms with E-state index in [0.29, 0.717) is 16.8 Å². The van der Waals surface area contributed by atoms with Crippen molar-refractivity contribution in [2.75, 3.05) is 25.4 Å². The van der Waals surface area contributed by atoms with Crippen LogP contribution >= 0.6 is 11.8 Å². The Bertz CT molecular complexity index is 716. The van der Waals surface area contributed by atoms with Gasteiger partial charge in [0.25, 0.3) is 0 Å². The van der Waals surface area contributed by atoms with E-state index in [1.807, 2.05) is 18.2 Å². The maximum absolute atomic E-state index is 12.1. The maximum atomic E-state index is 12.1. The third-order valence-corrected chi connectivity index (χ3v) is 6.66. The van der Waals surface area contributed by atoms with Gasteiger partial charge in [-0.1, -0.05) is 18.2 Å². The van der Waals surface area contributed by atoms with E-state index in [9.17, 15) is 14.7 Å². The molecule has 1 aromatic carbocycles. The fraction of sp³-hybridized carbons (Fsp3) is 0.444. The zero-order valence-corrected chi connectivity index (χ0v) is 15.3. The highest BCUT2D eigenvalue weighted by Crippen LogP contribution is 2.40. The van der Waals surface area contributed by atoms with E-state index in [-0.39, 0.29) is 17.0 Å². The van der Waals surface area contributed by atoms with E-state index in [4.69, 9.17) is 5.73 Å². The third kappa shape index (κ3) is 2.86. The third-order valence-electron chi connectivity index (χ3n) is 5.30. The van der Waals surface area contributed by atoms with Crippen molar-refractivity contribution in [2.24, 2.45) is 5.73 Å². The number of para-hydroxylation sites is 1. The van der Waals surface area contributed by atoms with Crippen molar-refractivity contribution in [3.05, 3.63) is 41.6 Å². The van der Waals surface area contributed by atoms with Gasteiger partial charge in [-0.2, -0.15) is 0 Å². The lowest BCUT2D eigenvalue weighted by Gasteiger charge is -2.49. The SMILES string of the molecule is CC[N+](CC)(CC1=C(C(=O)O)N2C(=O)C(N)C2SC1)c1ccccc1. The standard InChI is InChI=1S/C18H23N3O3S/c1-3-21(4-2,13-8-6-5-7-9-13)10-12-11-25-17-14(19)16(22)20(17)15(12)18(23)24/h5-9,14,17H,3-4,10-11,19H2,1-2H3/p+1. The minimum absolute atomic E-state index is 0.135. The molecule has 1 saturated heterocycles. The minimum atomic E-state index is -1.04. The summed E-state index contributed by atoms with van der Waals surface area (Å²) in [4.78, 5) is 25.4. The molecule has 2 atom stereocenters. The lowest BCUT2D eigenvalue weighted by Crippen LogP contribution is -2.69. The molecule has 1 amide bonds. The fourth-order valence-corrected chi connectivity index (χ4v) is 5.00. The number of carbonyl (C=O) groups excluding carboxylic acids is 1. The highest BCUT2D eigenvalue weighted by Gasteiger charge is 2.52. The molecule has 2 aliphatic rings. The van der Waals surface area contributed by atoms with Gasteiger partial charge in [0, 0.05) is 11.3 Å². The van der Waals surface area contributed by atoms with Crippen molar-refractivity contribution in [3.8, 4) is 0 Å². The van der Waals surface area contributed by atoms with Crippen molar-refractivity contribution in [1.29, 1.82) is 0 Å². The minimum Gasteiger partial charge on any atom is -0.477 e. The van der Waals surface area contributed by atoms with Gasteiger partial charge in [0.2, 0.25) is 5.91 Å². The van der Waals surface area contributed by atoms with Crippen LogP contribution in [0.4, 0.5) is 5.69 Å². The molecule has 134 valence electrons. The second-order valence-corrected chi connectivity index (χ2v) is 7.57. The van der Waals surface area contributed by atoms with Crippen LogP contribution in [0.5, 0.6) is 0 Å². The summed E-state index contributed by atoms with van der Waals surface area (Å²) in [6, 6.07) is 9.56. The Morgan fingerprint density at radius 1 is 1.32 bits per heavy atom. The second kappa shape index (κ2) is 6.82. The summed E-state index contributed by atoms with van der Waals surface area (Å²) in [5, 5.41) is 9.49. The summed E-state index contributed by atoms with van der Waals surface area (Å²) in [7, 11) is 0. The topological polar surface area (TPSA) is 83.6 Å². The Labute approximate surface area is 151 Å². The number of aliphatic carboxylic acids is 1. The first-order valence-electron chi connectivity index (χ1n) is 8.52. The summed E-state index contributed by atoms with van der Waals surface area (Å²) in [6.45, 7) is 6.50. The number of carboxylic acids is 1. The molecule has 0 spiro atoms. The zero-order valence-electron chi connectivity index (χ0n) is 14.5. The van der Waals surface area contributed by atoms with E-state index < -0.39 is 12.0 Å². The van der Waals surface area contributed by atoms with Crippen molar-refractivity contribution >= 4 is 29.3 Å². The van der Waals surface area contributed by atoms with E-state index in [1.165, 1.54) is 4.90 Å². The van der Waals surface area contributed by atoms with Crippen LogP contribution in [0.2, 0.25) is 0 Å². The fourth-order valence-electron chi connectivity index (χ4n) is 3.71. The van der Waals surface area contributed by atoms with Gasteiger partial charge >= 0.3 is 5.97 Å². The van der Waals surface area contributed by atoms with Crippen LogP contribution in [0.15, 0.2) is 41.6 Å². The number of benzene rings is 1. The Hall–Kier alpha value is -1.83. The number of hydrogen-bond acceptors (Lipinski definition) is 4. The zero-order chi connectivity index (χ0) is 18.2. The van der Waals surface area contributed by atoms with E-state index in [1.54, 1.807) is 11.8 Å². The summed E-state index contributed by atoms with van der Waals surface area (Å²) in [5.41, 5.74) is 7.92. The molecular formula is C18H24N3O3S+. The van der Waals surface area contributed by atoms with Gasteiger partial charge in [-0.05, 0) is 26.0 Å². The molecule has 2 unspecified atom stereocenters. The first kappa shape index (κ1) is 18.0. The number of amides is 1. The number of carbonyl (C=O) groups is 2. The molecule has 0 saturated carbocycles. The number of fused-ring (bicyclic) bond motifs is 1. The molecule has 3 rings (SSSR count). The summed E-state index contributed by atoms with van der Waals surface area (Å²) < 4.78 is 0.659. The smallest absolute Gasteiger partial charge is 0.352 e. The molecule has 0 aliphatic carbocycles. The molecule has 0 radical (unpaired) electrons. The van der Waals surface area contributed by atoms with Crippen LogP contribution in [0.25, 0.3) is 0 Å². The number of hydrogen-bond donors (Lipinski definition) is 2. The highest BCUT2D eigenvalue weighted by molar-refractivity contribution is 8.00. The summed E-state index contributed by atoms with van der Waals surface area (Å²) in [6.07, 6.45) is 0. The van der Waals surface area contributed by atoms with Crippen molar-refractivity contribution in [2.45, 2.75) is 25.3 Å². The Morgan fingerprint density at radius 2 is 1.96 bits per heavy atom. The van der Waals surface area contributed by atoms with Crippen molar-refractivity contribution in [3.63, 3.8) is 0 Å². The molecule has 1 fully saturated rings. The number of thioether (sulfide) groups is 1. The van der Waals surface area contributed by atoms with Gasteiger partial charge in [0.15, 0.2) is 0 Å². The van der Waals surface area contributed by atoms with Crippen LogP contribution in [0, 0.1) is 0 Å². The number of quaternary nitrogens is 1. The van der Waals surface area contributed by atoms with Gasteiger partial charge in [-0.3, -0.25) is 14.2 Å². The molecule has 0 aromatic heterocycles. The molecule has 6 nitrogen and oxygen atoms in total. The lowest BCUT2D eigenvalue weighted by molar-refractivity contribution is -0.148. The number of likely N-dealkylation sites (N-methyl/N-ethyl adjacent to an activating group) is 1. The first-order chi connectivity index (χ1) is 11.9. The van der Waals surface area contributed by atoms with Gasteiger partial charge in [-0.15, -0.1) is 11.8 Å². The summed E-state index contributed by atoms with van der Waals surface area (Å²) in [5.74, 6) is -0.742. The molecule has 2 aliphatic heterocycles. The molecule has 7 heteroatoms. The maximum Gasteiger partial charge on any atom is 0.352 e. The molecule has 0 bridgehead atoms. The molecular weight excluding hydrogens is 338 g/mol. The predicted octanol–water partition coefficient (Wildman–Crippen LogP) is 1.61. The average molecular weight is 362 g/mol. The van der Waals surface area contributed by atoms with Crippen LogP contribution in [0.3, 0.4) is 0 Å². The quantitative estimate of drug-likeness (QED) is 0.593. The molecule has 3 N–H and O–H groups in total. The van der Waals surface area contributed by atoms with Crippen LogP contribution < -0.4 is 10.2 Å². The normalized spacial score (nSPS) is 23.3. The predicted molar refractivity (Wildman–Crippen MR) is 99.9 cm³/mol. The van der Waals surface area contributed by atoms with Gasteiger partial charge in [-0.25, -0.2) is 4.79 Å². The van der Waals surface area contributed by atoms with Crippen LogP contribution in [0.1, 0.15) is 13.8 Å². The Balaban J connectivity index is 2.01. The number of carboxylic acid groups (broad SMARTS) is 1. The molecule has 25 heavy (non-hydrogen) atoms. The summed E-state index contributed by atoms with van der Waals surface area (Å²) >= 11 is 1.56. The first-order valence-corrected chi connectivity index (χ1v) is 9.57. The second-order valence-electron chi connectivity index (χ2n) is 6.46. The van der Waals surface area contributed by atoms with E-state index in [2.05, 4.69) is 26.0 Å². The number of nitrogens with zero attached hydrogens (tertiary/aromatic N) is 2. The molecule has 2 heterocycles. The van der Waals surface area contributed by atoms with Crippen molar-refractivity contribution < 1.29 is 14.7 Å². The highest BCUT2D eigenvalue weighted by atomic mass is 32.2. The number of rotatable bonds is 6. The average Bonchev–Trinajstić information content (AvgIpc) is 2.65. The Morgan fingerprint density at radius 3 is 2.52 bits per heavy atom. The van der Waals surface area contributed by atoms with Gasteiger partial charge in [0.1, 0.15) is 29.3 Å². The van der Waals surface area contributed by atoms with E-state index in [0.717, 1.165) is 24.4 Å². The van der Waals surface area contributed by atoms with E-state index >= 15 is 0 Å². The number of nitrogens with two attached hydrogens (primary N) is 1. The van der Waals surface area contributed by atoms with Crippen LogP contribution in [-0.2, 0) is 9.59 Å². The van der Waals surface area contributed by atoms with Gasteiger partial charge < -0.3 is 10.8 Å². The lowest BCUT2D eigenvalue weighted by atomic mass is 10.0. The van der Waals surface area contributed by atoms with Crippen LogP contribution in [-0.4, -0.2) is 58.7 Å². The Kier molecular flexibility index (Phi) is 4.90. The van der Waals surface area contributed by atoms with Crippen molar-refractivity contribution in [1.82, 2.24) is 9.38 Å². The largest absolute Gasteiger partial charge is 0.477 e. The molecule has 1 aromatic rings.